The Labute approximate surface area is 66.1 Å². The van der Waals surface area contributed by atoms with Gasteiger partial charge in [0.25, 0.3) is 0 Å². The molecule has 0 aromatic heterocycles. The molecule has 0 aromatic carbocycles. The number of nitrogens with two attached hydrogens (primary N) is 1. The largest absolute Gasteiger partial charge is 0.369 e. The summed E-state index contributed by atoms with van der Waals surface area (Å²) in [5, 5.41) is 3.04. The molecule has 64 valence electrons. The third-order valence-corrected chi connectivity index (χ3v) is 1.90. The first kappa shape index (κ1) is 8.49. The minimum absolute atomic E-state index is 0.0834. The van der Waals surface area contributed by atoms with E-state index in [2.05, 4.69) is 5.32 Å². The van der Waals surface area contributed by atoms with Gasteiger partial charge in [-0.05, 0) is 6.42 Å². The molecule has 1 saturated heterocycles. The lowest BCUT2D eigenvalue weighted by molar-refractivity contribution is -0.122. The molecule has 1 aliphatic rings. The van der Waals surface area contributed by atoms with E-state index in [1.54, 1.807) is 0 Å². The Hall–Kier alpha value is -0.610. The molecule has 1 rings (SSSR count). The number of ether oxygens (including phenoxy) is 1. The maximum atomic E-state index is 10.6. The average Bonchev–Trinajstić information content (AvgIpc) is 2.39. The summed E-state index contributed by atoms with van der Waals surface area (Å²) in [7, 11) is 0. The maximum absolute atomic E-state index is 10.6. The highest BCUT2D eigenvalue weighted by Crippen LogP contribution is 2.10. The summed E-state index contributed by atoms with van der Waals surface area (Å²) in [6, 6.07) is 0. The number of amides is 1. The zero-order valence-corrected chi connectivity index (χ0v) is 6.67. The molecule has 0 aromatic rings. The molecular formula is C7H14N2O2. The molecule has 0 aliphatic carbocycles. The normalized spacial score (nSPS) is 26.8. The zero-order chi connectivity index (χ0) is 8.27. The molecule has 1 amide bonds. The Morgan fingerprint density at radius 3 is 3.09 bits per heavy atom. The molecule has 0 spiro atoms. The lowest BCUT2D eigenvalue weighted by atomic mass is 10.0. The van der Waals surface area contributed by atoms with E-state index >= 15 is 0 Å². The summed E-state index contributed by atoms with van der Waals surface area (Å²) >= 11 is 0. The Kier molecular flexibility index (Phi) is 2.84. The number of primary amides is 1. The molecule has 1 fully saturated rings. The fourth-order valence-corrected chi connectivity index (χ4v) is 1.12. The van der Waals surface area contributed by atoms with Gasteiger partial charge in [-0.1, -0.05) is 6.92 Å². The third kappa shape index (κ3) is 2.48. The highest BCUT2D eigenvalue weighted by atomic mass is 16.5. The van der Waals surface area contributed by atoms with Crippen molar-refractivity contribution in [1.82, 2.24) is 5.32 Å². The predicted molar refractivity (Wildman–Crippen MR) is 40.7 cm³/mol. The highest BCUT2D eigenvalue weighted by molar-refractivity contribution is 5.76. The smallest absolute Gasteiger partial charge is 0.220 e. The van der Waals surface area contributed by atoms with Crippen LogP contribution < -0.4 is 11.1 Å². The van der Waals surface area contributed by atoms with Gasteiger partial charge < -0.3 is 10.5 Å². The molecule has 0 bridgehead atoms. The van der Waals surface area contributed by atoms with Gasteiger partial charge in [0.15, 0.2) is 0 Å². The van der Waals surface area contributed by atoms with E-state index in [9.17, 15) is 4.79 Å². The highest BCUT2D eigenvalue weighted by Gasteiger charge is 2.20. The van der Waals surface area contributed by atoms with Crippen LogP contribution in [0.25, 0.3) is 0 Å². The molecule has 2 atom stereocenters. The molecule has 1 heterocycles. The van der Waals surface area contributed by atoms with E-state index in [1.165, 1.54) is 0 Å². The first-order chi connectivity index (χ1) is 5.20. The van der Waals surface area contributed by atoms with E-state index in [0.29, 0.717) is 6.73 Å². The Morgan fingerprint density at radius 2 is 2.64 bits per heavy atom. The predicted octanol–water partition coefficient (Wildman–Crippen LogP) is -0.556. The van der Waals surface area contributed by atoms with Gasteiger partial charge in [-0.25, -0.2) is 0 Å². The fourth-order valence-electron chi connectivity index (χ4n) is 1.12. The second kappa shape index (κ2) is 3.69. The second-order valence-corrected chi connectivity index (χ2v) is 2.93. The van der Waals surface area contributed by atoms with Crippen LogP contribution in [0, 0.1) is 5.92 Å². The SMILES string of the molecule is CC(CC1CNCO1)C(N)=O. The fraction of sp³-hybridized carbons (Fsp3) is 0.857. The Morgan fingerprint density at radius 1 is 1.91 bits per heavy atom. The van der Waals surface area contributed by atoms with E-state index in [1.807, 2.05) is 6.92 Å². The quantitative estimate of drug-likeness (QED) is 0.579. The van der Waals surface area contributed by atoms with Crippen LogP contribution in [0.3, 0.4) is 0 Å². The standard InChI is InChI=1S/C7H14N2O2/c1-5(7(8)10)2-6-3-9-4-11-6/h5-6,9H,2-4H2,1H3,(H2,8,10). The summed E-state index contributed by atoms with van der Waals surface area (Å²) in [5.41, 5.74) is 5.10. The van der Waals surface area contributed by atoms with Crippen molar-refractivity contribution in [3.63, 3.8) is 0 Å². The van der Waals surface area contributed by atoms with E-state index in [-0.39, 0.29) is 17.9 Å². The maximum Gasteiger partial charge on any atom is 0.220 e. The Bertz CT molecular complexity index is 143. The van der Waals surface area contributed by atoms with Crippen LogP contribution in [0.5, 0.6) is 0 Å². The van der Waals surface area contributed by atoms with Gasteiger partial charge in [0, 0.05) is 12.5 Å². The lowest BCUT2D eigenvalue weighted by Crippen LogP contribution is -2.26. The van der Waals surface area contributed by atoms with Crippen molar-refractivity contribution in [3.05, 3.63) is 0 Å². The van der Waals surface area contributed by atoms with Crippen LogP contribution in [-0.2, 0) is 9.53 Å². The molecule has 11 heavy (non-hydrogen) atoms. The van der Waals surface area contributed by atoms with Crippen LogP contribution in [0.4, 0.5) is 0 Å². The van der Waals surface area contributed by atoms with Gasteiger partial charge in [-0.2, -0.15) is 0 Å². The molecule has 4 nitrogen and oxygen atoms in total. The molecule has 3 N–H and O–H groups in total. The van der Waals surface area contributed by atoms with Gasteiger partial charge in [0.2, 0.25) is 5.91 Å². The van der Waals surface area contributed by atoms with Gasteiger partial charge in [-0.3, -0.25) is 10.1 Å². The van der Waals surface area contributed by atoms with E-state index in [4.69, 9.17) is 10.5 Å². The summed E-state index contributed by atoms with van der Waals surface area (Å²) in [6.45, 7) is 3.25. The van der Waals surface area contributed by atoms with Gasteiger partial charge in [-0.15, -0.1) is 0 Å². The number of rotatable bonds is 3. The van der Waals surface area contributed by atoms with Crippen LogP contribution in [0.2, 0.25) is 0 Å². The molecule has 1 aliphatic heterocycles. The van der Waals surface area contributed by atoms with Gasteiger partial charge in [0.05, 0.1) is 12.8 Å². The summed E-state index contributed by atoms with van der Waals surface area (Å²) in [6.07, 6.45) is 0.889. The van der Waals surface area contributed by atoms with Crippen molar-refractivity contribution >= 4 is 5.91 Å². The van der Waals surface area contributed by atoms with Crippen molar-refractivity contribution in [2.45, 2.75) is 19.4 Å². The van der Waals surface area contributed by atoms with Crippen molar-refractivity contribution in [2.75, 3.05) is 13.3 Å². The zero-order valence-electron chi connectivity index (χ0n) is 6.67. The van der Waals surface area contributed by atoms with Crippen molar-refractivity contribution in [2.24, 2.45) is 11.7 Å². The number of carbonyl (C=O) groups is 1. The lowest BCUT2D eigenvalue weighted by Gasteiger charge is -2.11. The topological polar surface area (TPSA) is 64.3 Å². The van der Waals surface area contributed by atoms with Crippen LogP contribution in [0.15, 0.2) is 0 Å². The van der Waals surface area contributed by atoms with Crippen LogP contribution in [-0.4, -0.2) is 25.3 Å². The molecule has 0 saturated carbocycles. The molecule has 0 radical (unpaired) electrons. The number of carbonyl (C=O) groups excluding carboxylic acids is 1. The Balaban J connectivity index is 2.23. The average molecular weight is 158 g/mol. The van der Waals surface area contributed by atoms with Crippen molar-refractivity contribution in [1.29, 1.82) is 0 Å². The minimum Gasteiger partial charge on any atom is -0.369 e. The number of hydrogen-bond acceptors (Lipinski definition) is 3. The van der Waals surface area contributed by atoms with Crippen LogP contribution >= 0.6 is 0 Å². The molecular weight excluding hydrogens is 144 g/mol. The van der Waals surface area contributed by atoms with E-state index < -0.39 is 0 Å². The van der Waals surface area contributed by atoms with Crippen LogP contribution in [0.1, 0.15) is 13.3 Å². The van der Waals surface area contributed by atoms with Crippen molar-refractivity contribution < 1.29 is 9.53 Å². The minimum atomic E-state index is -0.250. The second-order valence-electron chi connectivity index (χ2n) is 2.93. The van der Waals surface area contributed by atoms with Crippen molar-refractivity contribution in [3.8, 4) is 0 Å². The van der Waals surface area contributed by atoms with Gasteiger partial charge >= 0.3 is 0 Å². The van der Waals surface area contributed by atoms with Gasteiger partial charge in [0.1, 0.15) is 0 Å². The molecule has 2 unspecified atom stereocenters. The number of hydrogen-bond donors (Lipinski definition) is 2. The third-order valence-electron chi connectivity index (χ3n) is 1.90. The monoisotopic (exact) mass is 158 g/mol. The molecule has 4 heteroatoms. The summed E-state index contributed by atoms with van der Waals surface area (Å²) < 4.78 is 5.25. The van der Waals surface area contributed by atoms with E-state index in [0.717, 1.165) is 13.0 Å². The number of nitrogens with one attached hydrogen (secondary N) is 1. The summed E-state index contributed by atoms with van der Waals surface area (Å²) in [4.78, 5) is 10.6. The first-order valence-electron chi connectivity index (χ1n) is 3.82. The first-order valence-corrected chi connectivity index (χ1v) is 3.82. The summed E-state index contributed by atoms with van der Waals surface area (Å²) in [5.74, 6) is -0.333.